The molecule has 0 atom stereocenters. The fourth-order valence-corrected chi connectivity index (χ4v) is 3.63. The van der Waals surface area contributed by atoms with Gasteiger partial charge >= 0.3 is 0 Å². The van der Waals surface area contributed by atoms with E-state index in [1.54, 1.807) is 0 Å². The molecular formula is C18H16BrN3O2S. The van der Waals surface area contributed by atoms with E-state index in [9.17, 15) is 4.79 Å². The summed E-state index contributed by atoms with van der Waals surface area (Å²) in [5.41, 5.74) is 3.71. The summed E-state index contributed by atoms with van der Waals surface area (Å²) < 4.78 is 6.58. The third kappa shape index (κ3) is 4.49. The zero-order valence-corrected chi connectivity index (χ0v) is 16.1. The Morgan fingerprint density at radius 1 is 1.16 bits per heavy atom. The van der Waals surface area contributed by atoms with Crippen LogP contribution in [0, 0.1) is 13.8 Å². The number of amides is 1. The molecule has 1 aromatic heterocycles. The highest BCUT2D eigenvalue weighted by atomic mass is 79.9. The van der Waals surface area contributed by atoms with Crippen molar-refractivity contribution >= 4 is 39.3 Å². The molecule has 5 nitrogen and oxygen atoms in total. The fourth-order valence-electron chi connectivity index (χ4n) is 2.38. The van der Waals surface area contributed by atoms with Gasteiger partial charge in [0.2, 0.25) is 11.8 Å². The molecule has 3 rings (SSSR count). The average molecular weight is 418 g/mol. The average Bonchev–Trinajstić information content (AvgIpc) is 3.06. The van der Waals surface area contributed by atoms with Crippen molar-refractivity contribution in [2.24, 2.45) is 0 Å². The monoisotopic (exact) mass is 417 g/mol. The Bertz CT molecular complexity index is 873. The third-order valence-corrected chi connectivity index (χ3v) is 4.79. The number of anilines is 1. The maximum absolute atomic E-state index is 12.2. The molecule has 0 saturated heterocycles. The molecule has 0 radical (unpaired) electrons. The van der Waals surface area contributed by atoms with E-state index in [1.165, 1.54) is 11.8 Å². The van der Waals surface area contributed by atoms with Gasteiger partial charge in [0.05, 0.1) is 5.75 Å². The molecule has 0 spiro atoms. The first-order valence-electron chi connectivity index (χ1n) is 7.61. The van der Waals surface area contributed by atoms with Gasteiger partial charge in [0, 0.05) is 15.7 Å². The zero-order chi connectivity index (χ0) is 17.8. The Kier molecular flexibility index (Phi) is 5.55. The van der Waals surface area contributed by atoms with Crippen LogP contribution in [0.15, 0.2) is 56.6 Å². The minimum atomic E-state index is -0.113. The molecule has 7 heteroatoms. The summed E-state index contributed by atoms with van der Waals surface area (Å²) in [6.45, 7) is 3.93. The summed E-state index contributed by atoms with van der Waals surface area (Å²) in [5.74, 6) is 0.534. The second-order valence-electron chi connectivity index (χ2n) is 5.49. The predicted octanol–water partition coefficient (Wildman–Crippen LogP) is 4.85. The predicted molar refractivity (Wildman–Crippen MR) is 103 cm³/mol. The van der Waals surface area contributed by atoms with Crippen LogP contribution in [0.3, 0.4) is 0 Å². The molecule has 0 aliphatic rings. The normalized spacial score (nSPS) is 10.7. The SMILES string of the molecule is Cc1cc(Br)cc(C)c1NC(=O)CSc1nnc(-c2ccccc2)o1. The smallest absolute Gasteiger partial charge is 0.277 e. The number of hydrogen-bond donors (Lipinski definition) is 1. The second kappa shape index (κ2) is 7.84. The molecule has 0 bridgehead atoms. The number of halogens is 1. The van der Waals surface area contributed by atoms with Crippen LogP contribution in [-0.2, 0) is 4.79 Å². The van der Waals surface area contributed by atoms with E-state index >= 15 is 0 Å². The molecule has 3 aromatic rings. The van der Waals surface area contributed by atoms with Crippen LogP contribution in [-0.4, -0.2) is 21.9 Å². The first-order valence-corrected chi connectivity index (χ1v) is 9.39. The van der Waals surface area contributed by atoms with Crippen molar-refractivity contribution in [3.63, 3.8) is 0 Å². The van der Waals surface area contributed by atoms with Gasteiger partial charge in [0.25, 0.3) is 5.22 Å². The number of carbonyl (C=O) groups is 1. The molecule has 1 N–H and O–H groups in total. The van der Waals surface area contributed by atoms with Crippen molar-refractivity contribution in [3.8, 4) is 11.5 Å². The lowest BCUT2D eigenvalue weighted by atomic mass is 10.1. The number of nitrogens with zero attached hydrogens (tertiary/aromatic N) is 2. The van der Waals surface area contributed by atoms with E-state index in [0.717, 1.165) is 26.9 Å². The molecule has 0 fully saturated rings. The van der Waals surface area contributed by atoms with Gasteiger partial charge in [-0.2, -0.15) is 0 Å². The lowest BCUT2D eigenvalue weighted by molar-refractivity contribution is -0.113. The number of hydrogen-bond acceptors (Lipinski definition) is 5. The van der Waals surface area contributed by atoms with Gasteiger partial charge < -0.3 is 9.73 Å². The van der Waals surface area contributed by atoms with Crippen molar-refractivity contribution in [2.45, 2.75) is 19.1 Å². The Morgan fingerprint density at radius 3 is 2.52 bits per heavy atom. The number of aromatic nitrogens is 2. The van der Waals surface area contributed by atoms with Gasteiger partial charge in [-0.25, -0.2) is 0 Å². The van der Waals surface area contributed by atoms with Gasteiger partial charge in [0.1, 0.15) is 0 Å². The molecule has 0 unspecified atom stereocenters. The molecule has 1 heterocycles. The standard InChI is InChI=1S/C18H16BrN3O2S/c1-11-8-14(19)9-12(2)16(11)20-15(23)10-25-18-22-21-17(24-18)13-6-4-3-5-7-13/h3-9H,10H2,1-2H3,(H,20,23). The summed E-state index contributed by atoms with van der Waals surface area (Å²) >= 11 is 4.67. The topological polar surface area (TPSA) is 68.0 Å². The van der Waals surface area contributed by atoms with Gasteiger partial charge in [-0.3, -0.25) is 4.79 Å². The molecule has 0 aliphatic carbocycles. The van der Waals surface area contributed by atoms with Gasteiger partial charge in [0.15, 0.2) is 0 Å². The van der Waals surface area contributed by atoms with Crippen molar-refractivity contribution in [3.05, 3.63) is 58.1 Å². The highest BCUT2D eigenvalue weighted by Crippen LogP contribution is 2.26. The third-order valence-electron chi connectivity index (χ3n) is 3.52. The maximum atomic E-state index is 12.2. The van der Waals surface area contributed by atoms with Gasteiger partial charge in [-0.15, -0.1) is 10.2 Å². The molecule has 1 amide bonds. The van der Waals surface area contributed by atoms with Gasteiger partial charge in [-0.05, 0) is 49.2 Å². The Labute approximate surface area is 158 Å². The van der Waals surface area contributed by atoms with E-state index in [-0.39, 0.29) is 11.7 Å². The van der Waals surface area contributed by atoms with E-state index < -0.39 is 0 Å². The summed E-state index contributed by atoms with van der Waals surface area (Å²) in [4.78, 5) is 12.2. The van der Waals surface area contributed by atoms with Crippen LogP contribution in [0.4, 0.5) is 5.69 Å². The zero-order valence-electron chi connectivity index (χ0n) is 13.7. The number of carbonyl (C=O) groups excluding carboxylic acids is 1. The van der Waals surface area contributed by atoms with E-state index in [1.807, 2.05) is 56.3 Å². The van der Waals surface area contributed by atoms with Crippen LogP contribution in [0.5, 0.6) is 0 Å². The lowest BCUT2D eigenvalue weighted by Crippen LogP contribution is -2.15. The van der Waals surface area contributed by atoms with E-state index in [0.29, 0.717) is 11.1 Å². The quantitative estimate of drug-likeness (QED) is 0.601. The highest BCUT2D eigenvalue weighted by Gasteiger charge is 2.13. The number of rotatable bonds is 5. The summed E-state index contributed by atoms with van der Waals surface area (Å²) in [5, 5.41) is 11.3. The number of thioether (sulfide) groups is 1. The largest absolute Gasteiger partial charge is 0.411 e. The second-order valence-corrected chi connectivity index (χ2v) is 7.33. The minimum Gasteiger partial charge on any atom is -0.411 e. The van der Waals surface area contributed by atoms with E-state index in [4.69, 9.17) is 4.42 Å². The Hall–Kier alpha value is -2.12. The molecule has 25 heavy (non-hydrogen) atoms. The van der Waals surface area contributed by atoms with Gasteiger partial charge in [-0.1, -0.05) is 45.9 Å². The maximum Gasteiger partial charge on any atom is 0.277 e. The first kappa shape index (κ1) is 17.7. The molecule has 128 valence electrons. The van der Waals surface area contributed by atoms with Crippen LogP contribution in [0.25, 0.3) is 11.5 Å². The number of aryl methyl sites for hydroxylation is 2. The first-order chi connectivity index (χ1) is 12.0. The Morgan fingerprint density at radius 2 is 1.84 bits per heavy atom. The Balaban J connectivity index is 1.61. The van der Waals surface area contributed by atoms with Crippen molar-refractivity contribution < 1.29 is 9.21 Å². The number of nitrogens with one attached hydrogen (secondary N) is 1. The summed E-state index contributed by atoms with van der Waals surface area (Å²) in [7, 11) is 0. The highest BCUT2D eigenvalue weighted by molar-refractivity contribution is 9.10. The summed E-state index contributed by atoms with van der Waals surface area (Å²) in [6.07, 6.45) is 0. The lowest BCUT2D eigenvalue weighted by Gasteiger charge is -2.11. The fraction of sp³-hybridized carbons (Fsp3) is 0.167. The molecular weight excluding hydrogens is 402 g/mol. The van der Waals surface area contributed by atoms with Crippen LogP contribution < -0.4 is 5.32 Å². The van der Waals surface area contributed by atoms with Crippen LogP contribution in [0.1, 0.15) is 11.1 Å². The van der Waals surface area contributed by atoms with Crippen LogP contribution in [0.2, 0.25) is 0 Å². The molecule has 0 aliphatic heterocycles. The van der Waals surface area contributed by atoms with E-state index in [2.05, 4.69) is 31.4 Å². The molecule has 2 aromatic carbocycles. The van der Waals surface area contributed by atoms with Crippen molar-refractivity contribution in [1.29, 1.82) is 0 Å². The number of benzene rings is 2. The summed E-state index contributed by atoms with van der Waals surface area (Å²) in [6, 6.07) is 13.5. The minimum absolute atomic E-state index is 0.113. The van der Waals surface area contributed by atoms with Crippen molar-refractivity contribution in [1.82, 2.24) is 10.2 Å². The molecule has 0 saturated carbocycles. The van der Waals surface area contributed by atoms with Crippen LogP contribution >= 0.6 is 27.7 Å². The van der Waals surface area contributed by atoms with Crippen molar-refractivity contribution in [2.75, 3.05) is 11.1 Å².